The van der Waals surface area contributed by atoms with Gasteiger partial charge in [0, 0.05) is 13.2 Å². The summed E-state index contributed by atoms with van der Waals surface area (Å²) in [7, 11) is 1.73. The lowest BCUT2D eigenvalue weighted by Crippen LogP contribution is -2.51. The molecular formula is C18H33N3O3. The number of likely N-dealkylation sites (tertiary alicyclic amines) is 1. The molecular weight excluding hydrogens is 306 g/mol. The maximum Gasteiger partial charge on any atom is 0.321 e. The van der Waals surface area contributed by atoms with Gasteiger partial charge in [0.25, 0.3) is 0 Å². The average Bonchev–Trinajstić information content (AvgIpc) is 2.52. The van der Waals surface area contributed by atoms with Crippen LogP contribution in [0.2, 0.25) is 0 Å². The second-order valence-electron chi connectivity index (χ2n) is 7.91. The number of hydrogen-bond acceptors (Lipinski definition) is 4. The molecule has 0 radical (unpaired) electrons. The van der Waals surface area contributed by atoms with Crippen LogP contribution < -0.4 is 10.6 Å². The van der Waals surface area contributed by atoms with E-state index in [1.165, 1.54) is 6.42 Å². The van der Waals surface area contributed by atoms with Gasteiger partial charge in [0.2, 0.25) is 5.91 Å². The van der Waals surface area contributed by atoms with Gasteiger partial charge in [-0.1, -0.05) is 26.7 Å². The number of hydrogen-bond donors (Lipinski definition) is 2. The minimum Gasteiger partial charge on any atom is -0.384 e. The Kier molecular flexibility index (Phi) is 7.04. The molecule has 0 aromatic rings. The summed E-state index contributed by atoms with van der Waals surface area (Å²) < 4.78 is 5.28. The molecule has 0 bridgehead atoms. The Morgan fingerprint density at radius 2 is 1.88 bits per heavy atom. The fourth-order valence-corrected chi connectivity index (χ4v) is 3.85. The quantitative estimate of drug-likeness (QED) is 0.805. The van der Waals surface area contributed by atoms with Crippen LogP contribution in [0.3, 0.4) is 0 Å². The van der Waals surface area contributed by atoms with Gasteiger partial charge >= 0.3 is 6.03 Å². The molecule has 0 aromatic carbocycles. The van der Waals surface area contributed by atoms with Crippen molar-refractivity contribution in [2.24, 2.45) is 11.3 Å². The number of nitrogens with zero attached hydrogens (tertiary/aromatic N) is 1. The molecule has 2 fully saturated rings. The number of imide groups is 1. The summed E-state index contributed by atoms with van der Waals surface area (Å²) in [6.07, 6.45) is 6.56. The van der Waals surface area contributed by atoms with Gasteiger partial charge in [-0.3, -0.25) is 15.0 Å². The molecule has 6 heteroatoms. The van der Waals surface area contributed by atoms with Crippen molar-refractivity contribution in [2.45, 2.75) is 58.4 Å². The van der Waals surface area contributed by atoms with Gasteiger partial charge in [0.1, 0.15) is 0 Å². The van der Waals surface area contributed by atoms with E-state index in [0.717, 1.165) is 51.8 Å². The Balaban J connectivity index is 1.68. The number of carbonyl (C=O) groups is 2. The monoisotopic (exact) mass is 339 g/mol. The number of urea groups is 1. The molecule has 2 N–H and O–H groups in total. The Morgan fingerprint density at radius 3 is 2.50 bits per heavy atom. The van der Waals surface area contributed by atoms with E-state index in [2.05, 4.69) is 29.4 Å². The lowest BCUT2D eigenvalue weighted by atomic mass is 9.81. The van der Waals surface area contributed by atoms with Crippen molar-refractivity contribution >= 4 is 11.9 Å². The number of methoxy groups -OCH3 is 1. The number of ether oxygens (including phenoxy) is 1. The van der Waals surface area contributed by atoms with Gasteiger partial charge in [-0.2, -0.15) is 0 Å². The number of rotatable bonds is 5. The van der Waals surface area contributed by atoms with Crippen molar-refractivity contribution in [2.75, 3.05) is 33.4 Å². The summed E-state index contributed by atoms with van der Waals surface area (Å²) in [4.78, 5) is 26.2. The Labute approximate surface area is 145 Å². The largest absolute Gasteiger partial charge is 0.384 e. The second kappa shape index (κ2) is 8.81. The molecule has 6 nitrogen and oxygen atoms in total. The number of carbonyl (C=O) groups excluding carboxylic acids is 2. The second-order valence-corrected chi connectivity index (χ2v) is 7.91. The summed E-state index contributed by atoms with van der Waals surface area (Å²) in [5.41, 5.74) is 0.205. The predicted molar refractivity (Wildman–Crippen MR) is 93.8 cm³/mol. The summed E-state index contributed by atoms with van der Waals surface area (Å²) in [6, 6.07) is -0.156. The molecule has 0 spiro atoms. The van der Waals surface area contributed by atoms with Crippen molar-refractivity contribution in [3.05, 3.63) is 0 Å². The summed E-state index contributed by atoms with van der Waals surface area (Å²) in [5.74, 6) is 0.270. The highest BCUT2D eigenvalue weighted by Gasteiger charge is 2.31. The van der Waals surface area contributed by atoms with Gasteiger partial charge < -0.3 is 10.1 Å². The molecule has 2 atom stereocenters. The maximum atomic E-state index is 12.1. The summed E-state index contributed by atoms with van der Waals surface area (Å²) in [6.45, 7) is 7.18. The minimum absolute atomic E-state index is 0.191. The highest BCUT2D eigenvalue weighted by molar-refractivity contribution is 5.95. The zero-order valence-corrected chi connectivity index (χ0v) is 15.4. The molecule has 138 valence electrons. The van der Waals surface area contributed by atoms with Crippen LogP contribution in [0.4, 0.5) is 4.79 Å². The highest BCUT2D eigenvalue weighted by Crippen LogP contribution is 2.30. The molecule has 2 aliphatic rings. The number of piperidine rings is 1. The van der Waals surface area contributed by atoms with E-state index in [4.69, 9.17) is 4.74 Å². The SMILES string of the molecule is COCC1(C)CCN(CC(=O)NC(=O)N[C@H]2CCCC[C@@H]2C)CC1. The van der Waals surface area contributed by atoms with E-state index in [1.807, 2.05) is 0 Å². The van der Waals surface area contributed by atoms with Gasteiger partial charge in [-0.25, -0.2) is 4.79 Å². The van der Waals surface area contributed by atoms with Crippen LogP contribution >= 0.6 is 0 Å². The molecule has 1 heterocycles. The van der Waals surface area contributed by atoms with Crippen LogP contribution in [0.15, 0.2) is 0 Å². The summed E-state index contributed by atoms with van der Waals surface area (Å²) >= 11 is 0. The van der Waals surface area contributed by atoms with Crippen LogP contribution in [0, 0.1) is 11.3 Å². The van der Waals surface area contributed by atoms with Gasteiger partial charge in [-0.15, -0.1) is 0 Å². The van der Waals surface area contributed by atoms with E-state index in [0.29, 0.717) is 5.92 Å². The minimum atomic E-state index is -0.347. The fraction of sp³-hybridized carbons (Fsp3) is 0.889. The third kappa shape index (κ3) is 5.74. The Bertz CT molecular complexity index is 433. The summed E-state index contributed by atoms with van der Waals surface area (Å²) in [5, 5.41) is 5.45. The molecule has 1 saturated carbocycles. The molecule has 24 heavy (non-hydrogen) atoms. The van der Waals surface area contributed by atoms with E-state index < -0.39 is 0 Å². The zero-order chi connectivity index (χ0) is 17.6. The molecule has 1 aliphatic heterocycles. The molecule has 2 rings (SSSR count). The lowest BCUT2D eigenvalue weighted by molar-refractivity contribution is -0.121. The first kappa shape index (κ1) is 19.2. The Hall–Kier alpha value is -1.14. The standard InChI is InChI=1S/C18H33N3O3/c1-14-6-4-5-7-15(14)19-17(23)20-16(22)12-21-10-8-18(2,9-11-21)13-24-3/h14-15H,4-13H2,1-3H3,(H2,19,20,22,23)/t14-,15-/m0/s1. The van der Waals surface area contributed by atoms with E-state index in [9.17, 15) is 9.59 Å². The van der Waals surface area contributed by atoms with E-state index in [-0.39, 0.29) is 29.9 Å². The van der Waals surface area contributed by atoms with Crippen LogP contribution in [0.1, 0.15) is 52.4 Å². The first-order valence-electron chi connectivity index (χ1n) is 9.23. The van der Waals surface area contributed by atoms with Gasteiger partial charge in [-0.05, 0) is 50.1 Å². The van der Waals surface area contributed by atoms with Crippen molar-refractivity contribution in [3.63, 3.8) is 0 Å². The third-order valence-electron chi connectivity index (χ3n) is 5.60. The first-order chi connectivity index (χ1) is 11.4. The molecule has 0 unspecified atom stereocenters. The van der Waals surface area contributed by atoms with E-state index in [1.54, 1.807) is 7.11 Å². The molecule has 1 aliphatic carbocycles. The Morgan fingerprint density at radius 1 is 1.21 bits per heavy atom. The average molecular weight is 339 g/mol. The van der Waals surface area contributed by atoms with Crippen LogP contribution in [-0.4, -0.2) is 56.2 Å². The topological polar surface area (TPSA) is 70.7 Å². The van der Waals surface area contributed by atoms with Crippen LogP contribution in [0.5, 0.6) is 0 Å². The maximum absolute atomic E-state index is 12.1. The number of nitrogens with one attached hydrogen (secondary N) is 2. The smallest absolute Gasteiger partial charge is 0.321 e. The van der Waals surface area contributed by atoms with Crippen molar-refractivity contribution < 1.29 is 14.3 Å². The molecule has 0 aromatic heterocycles. The van der Waals surface area contributed by atoms with E-state index >= 15 is 0 Å². The third-order valence-corrected chi connectivity index (χ3v) is 5.60. The number of amides is 3. The van der Waals surface area contributed by atoms with Gasteiger partial charge in [0.05, 0.1) is 13.2 Å². The van der Waals surface area contributed by atoms with Crippen LogP contribution in [-0.2, 0) is 9.53 Å². The van der Waals surface area contributed by atoms with Crippen molar-refractivity contribution in [1.29, 1.82) is 0 Å². The van der Waals surface area contributed by atoms with Crippen molar-refractivity contribution in [1.82, 2.24) is 15.5 Å². The molecule has 3 amide bonds. The van der Waals surface area contributed by atoms with Gasteiger partial charge in [0.15, 0.2) is 0 Å². The first-order valence-corrected chi connectivity index (χ1v) is 9.23. The predicted octanol–water partition coefficient (Wildman–Crippen LogP) is 2.14. The van der Waals surface area contributed by atoms with Crippen molar-refractivity contribution in [3.8, 4) is 0 Å². The lowest BCUT2D eigenvalue weighted by Gasteiger charge is -2.38. The highest BCUT2D eigenvalue weighted by atomic mass is 16.5. The molecule has 1 saturated heterocycles. The van der Waals surface area contributed by atoms with Crippen LogP contribution in [0.25, 0.3) is 0 Å². The zero-order valence-electron chi connectivity index (χ0n) is 15.4. The normalized spacial score (nSPS) is 27.5. The fourth-order valence-electron chi connectivity index (χ4n) is 3.85.